The fraction of sp³-hybridized carbons (Fsp3) is 0.500. The average Bonchev–Trinajstić information content (AvgIpc) is 2.93. The SMILES string of the molecule is CO[C@@H]1[C@@H](CCO)[C@@H]1c1ccccc1. The van der Waals surface area contributed by atoms with E-state index in [4.69, 9.17) is 9.84 Å². The zero-order chi connectivity index (χ0) is 9.97. The monoisotopic (exact) mass is 192 g/mol. The van der Waals surface area contributed by atoms with Gasteiger partial charge in [-0.2, -0.15) is 0 Å². The number of hydrogen-bond acceptors (Lipinski definition) is 2. The van der Waals surface area contributed by atoms with Crippen molar-refractivity contribution in [2.45, 2.75) is 18.4 Å². The van der Waals surface area contributed by atoms with Crippen LogP contribution in [0.4, 0.5) is 0 Å². The molecule has 0 radical (unpaired) electrons. The minimum atomic E-state index is 0.258. The average molecular weight is 192 g/mol. The summed E-state index contributed by atoms with van der Waals surface area (Å²) >= 11 is 0. The number of benzene rings is 1. The molecule has 2 nitrogen and oxygen atoms in total. The third kappa shape index (κ3) is 1.68. The van der Waals surface area contributed by atoms with E-state index in [1.165, 1.54) is 5.56 Å². The summed E-state index contributed by atoms with van der Waals surface area (Å²) in [6, 6.07) is 10.4. The lowest BCUT2D eigenvalue weighted by atomic mass is 10.1. The van der Waals surface area contributed by atoms with Crippen molar-refractivity contribution < 1.29 is 9.84 Å². The Bertz CT molecular complexity index is 284. The number of aliphatic hydroxyl groups is 1. The summed E-state index contributed by atoms with van der Waals surface area (Å²) in [5, 5.41) is 8.90. The summed E-state index contributed by atoms with van der Waals surface area (Å²) in [7, 11) is 1.75. The summed E-state index contributed by atoms with van der Waals surface area (Å²) in [6.07, 6.45) is 1.16. The van der Waals surface area contributed by atoms with Crippen molar-refractivity contribution in [3.63, 3.8) is 0 Å². The largest absolute Gasteiger partial charge is 0.396 e. The Morgan fingerprint density at radius 2 is 2.00 bits per heavy atom. The number of rotatable bonds is 4. The predicted molar refractivity (Wildman–Crippen MR) is 55.2 cm³/mol. The Morgan fingerprint density at radius 1 is 1.29 bits per heavy atom. The first-order valence-electron chi connectivity index (χ1n) is 5.07. The molecule has 1 aliphatic carbocycles. The zero-order valence-electron chi connectivity index (χ0n) is 8.39. The summed E-state index contributed by atoms with van der Waals surface area (Å²) in [6.45, 7) is 0.258. The van der Waals surface area contributed by atoms with Crippen LogP contribution >= 0.6 is 0 Å². The lowest BCUT2D eigenvalue weighted by molar-refractivity contribution is 0.158. The van der Waals surface area contributed by atoms with Gasteiger partial charge in [0.1, 0.15) is 0 Å². The van der Waals surface area contributed by atoms with Crippen molar-refractivity contribution in [3.8, 4) is 0 Å². The van der Waals surface area contributed by atoms with Crippen LogP contribution in [-0.2, 0) is 4.74 Å². The topological polar surface area (TPSA) is 29.5 Å². The van der Waals surface area contributed by atoms with Crippen LogP contribution in [0.1, 0.15) is 17.9 Å². The van der Waals surface area contributed by atoms with Crippen LogP contribution in [-0.4, -0.2) is 24.9 Å². The molecule has 1 aromatic carbocycles. The first-order chi connectivity index (χ1) is 6.88. The van der Waals surface area contributed by atoms with Crippen LogP contribution in [0.5, 0.6) is 0 Å². The molecule has 2 heteroatoms. The molecule has 1 aromatic rings. The maximum Gasteiger partial charge on any atom is 0.0679 e. The third-order valence-electron chi connectivity index (χ3n) is 3.02. The van der Waals surface area contributed by atoms with E-state index >= 15 is 0 Å². The molecular formula is C12H16O2. The van der Waals surface area contributed by atoms with Crippen molar-refractivity contribution in [3.05, 3.63) is 35.9 Å². The van der Waals surface area contributed by atoms with Gasteiger partial charge < -0.3 is 9.84 Å². The molecule has 3 atom stereocenters. The van der Waals surface area contributed by atoms with Crippen LogP contribution < -0.4 is 0 Å². The Balaban J connectivity index is 2.06. The molecule has 0 aliphatic heterocycles. The number of aliphatic hydroxyl groups excluding tert-OH is 1. The van der Waals surface area contributed by atoms with Gasteiger partial charge in [-0.15, -0.1) is 0 Å². The highest BCUT2D eigenvalue weighted by atomic mass is 16.5. The minimum Gasteiger partial charge on any atom is -0.396 e. The van der Waals surface area contributed by atoms with Crippen molar-refractivity contribution >= 4 is 0 Å². The molecular weight excluding hydrogens is 176 g/mol. The lowest BCUT2D eigenvalue weighted by Crippen LogP contribution is -1.93. The number of ether oxygens (including phenoxy) is 1. The second-order valence-electron chi connectivity index (χ2n) is 3.81. The molecule has 0 aromatic heterocycles. The Morgan fingerprint density at radius 3 is 2.57 bits per heavy atom. The molecule has 0 spiro atoms. The highest BCUT2D eigenvalue weighted by Gasteiger charge is 2.50. The van der Waals surface area contributed by atoms with Gasteiger partial charge in [0, 0.05) is 19.6 Å². The standard InChI is InChI=1S/C12H16O2/c1-14-12-10(7-8-13)11(12)9-5-3-2-4-6-9/h2-6,10-13H,7-8H2,1H3/t10-,11-,12+/m0/s1. The molecule has 1 aliphatic rings. The van der Waals surface area contributed by atoms with Crippen molar-refractivity contribution in [1.82, 2.24) is 0 Å². The van der Waals surface area contributed by atoms with E-state index < -0.39 is 0 Å². The first-order valence-corrected chi connectivity index (χ1v) is 5.07. The highest BCUT2D eigenvalue weighted by Crippen LogP contribution is 2.51. The molecule has 0 amide bonds. The van der Waals surface area contributed by atoms with E-state index in [-0.39, 0.29) is 6.61 Å². The smallest absolute Gasteiger partial charge is 0.0679 e. The molecule has 0 heterocycles. The third-order valence-corrected chi connectivity index (χ3v) is 3.02. The fourth-order valence-corrected chi connectivity index (χ4v) is 2.27. The first kappa shape index (κ1) is 9.69. The normalized spacial score (nSPS) is 30.3. The Hall–Kier alpha value is -0.860. The van der Waals surface area contributed by atoms with E-state index in [1.54, 1.807) is 7.11 Å². The van der Waals surface area contributed by atoms with E-state index in [9.17, 15) is 0 Å². The van der Waals surface area contributed by atoms with Gasteiger partial charge in [-0.05, 0) is 17.9 Å². The van der Waals surface area contributed by atoms with Gasteiger partial charge in [0.25, 0.3) is 0 Å². The maximum atomic E-state index is 8.90. The molecule has 0 saturated heterocycles. The molecule has 1 N–H and O–H groups in total. The van der Waals surface area contributed by atoms with Gasteiger partial charge in [0.2, 0.25) is 0 Å². The van der Waals surface area contributed by atoms with Crippen LogP contribution in [0.15, 0.2) is 30.3 Å². The van der Waals surface area contributed by atoms with Gasteiger partial charge in [-0.3, -0.25) is 0 Å². The van der Waals surface area contributed by atoms with Gasteiger partial charge in [-0.1, -0.05) is 30.3 Å². The predicted octanol–water partition coefficient (Wildman–Crippen LogP) is 1.80. The zero-order valence-corrected chi connectivity index (χ0v) is 8.39. The van der Waals surface area contributed by atoms with Crippen molar-refractivity contribution in [2.75, 3.05) is 13.7 Å². The van der Waals surface area contributed by atoms with Crippen molar-refractivity contribution in [1.29, 1.82) is 0 Å². The van der Waals surface area contributed by atoms with Gasteiger partial charge in [0.15, 0.2) is 0 Å². The van der Waals surface area contributed by atoms with E-state index in [0.29, 0.717) is 17.9 Å². The van der Waals surface area contributed by atoms with Crippen LogP contribution in [0.25, 0.3) is 0 Å². The van der Waals surface area contributed by atoms with E-state index in [1.807, 2.05) is 6.07 Å². The summed E-state index contributed by atoms with van der Waals surface area (Å²) in [5.41, 5.74) is 1.33. The lowest BCUT2D eigenvalue weighted by Gasteiger charge is -1.97. The van der Waals surface area contributed by atoms with Gasteiger partial charge >= 0.3 is 0 Å². The number of hydrogen-bond donors (Lipinski definition) is 1. The van der Waals surface area contributed by atoms with Crippen molar-refractivity contribution in [2.24, 2.45) is 5.92 Å². The second kappa shape index (κ2) is 4.11. The molecule has 1 fully saturated rings. The Kier molecular flexibility index (Phi) is 2.85. The summed E-state index contributed by atoms with van der Waals surface area (Å²) < 4.78 is 5.38. The molecule has 14 heavy (non-hydrogen) atoms. The number of methoxy groups -OCH3 is 1. The summed E-state index contributed by atoms with van der Waals surface area (Å²) in [4.78, 5) is 0. The Labute approximate surface area is 84.5 Å². The molecule has 76 valence electrons. The van der Waals surface area contributed by atoms with Gasteiger partial charge in [0.05, 0.1) is 6.10 Å². The maximum absolute atomic E-state index is 8.90. The highest BCUT2D eigenvalue weighted by molar-refractivity contribution is 5.29. The fourth-order valence-electron chi connectivity index (χ4n) is 2.27. The quantitative estimate of drug-likeness (QED) is 0.788. The van der Waals surface area contributed by atoms with Crippen LogP contribution in [0.3, 0.4) is 0 Å². The van der Waals surface area contributed by atoms with Gasteiger partial charge in [-0.25, -0.2) is 0 Å². The van der Waals surface area contributed by atoms with E-state index in [2.05, 4.69) is 24.3 Å². The second-order valence-corrected chi connectivity index (χ2v) is 3.81. The molecule has 0 bridgehead atoms. The summed E-state index contributed by atoms with van der Waals surface area (Å²) in [5.74, 6) is 1.00. The van der Waals surface area contributed by atoms with Crippen LogP contribution in [0, 0.1) is 5.92 Å². The van der Waals surface area contributed by atoms with E-state index in [0.717, 1.165) is 6.42 Å². The minimum absolute atomic E-state index is 0.258. The molecule has 1 saturated carbocycles. The van der Waals surface area contributed by atoms with Crippen LogP contribution in [0.2, 0.25) is 0 Å². The molecule has 2 rings (SSSR count). The molecule has 0 unspecified atom stereocenters.